The number of hydrogen-bond acceptors (Lipinski definition) is 6. The quantitative estimate of drug-likeness (QED) is 0.349. The number of halogens is 2. The van der Waals surface area contributed by atoms with Crippen LogP contribution in [0.15, 0.2) is 61.4 Å². The number of ether oxygens (including phenoxy) is 1. The van der Waals surface area contributed by atoms with E-state index in [2.05, 4.69) is 16.5 Å². The van der Waals surface area contributed by atoms with Gasteiger partial charge in [0.1, 0.15) is 36.0 Å². The van der Waals surface area contributed by atoms with Gasteiger partial charge in [-0.2, -0.15) is 5.10 Å². The van der Waals surface area contributed by atoms with Crippen molar-refractivity contribution >= 4 is 34.4 Å². The van der Waals surface area contributed by atoms with Crippen LogP contribution >= 0.6 is 11.6 Å². The zero-order valence-corrected chi connectivity index (χ0v) is 20.9. The van der Waals surface area contributed by atoms with Crippen molar-refractivity contribution in [2.24, 2.45) is 5.92 Å². The molecule has 0 bridgehead atoms. The fraction of sp³-hybridized carbons (Fsp3) is 0.259. The molecule has 2 N–H and O–H groups in total. The Balaban J connectivity index is 1.42. The van der Waals surface area contributed by atoms with Crippen LogP contribution in [-0.4, -0.2) is 43.6 Å². The fourth-order valence-electron chi connectivity index (χ4n) is 4.68. The number of amides is 1. The van der Waals surface area contributed by atoms with Gasteiger partial charge in [-0.15, -0.1) is 0 Å². The molecule has 1 aliphatic heterocycles. The van der Waals surface area contributed by atoms with E-state index >= 15 is 0 Å². The van der Waals surface area contributed by atoms with Gasteiger partial charge in [0.2, 0.25) is 5.91 Å². The first-order chi connectivity index (χ1) is 17.9. The number of benzene rings is 2. The van der Waals surface area contributed by atoms with Crippen molar-refractivity contribution in [3.63, 3.8) is 0 Å². The second-order valence-electron chi connectivity index (χ2n) is 9.01. The van der Waals surface area contributed by atoms with Crippen LogP contribution in [0.25, 0.3) is 22.3 Å². The summed E-state index contributed by atoms with van der Waals surface area (Å²) in [6, 6.07) is 11.7. The summed E-state index contributed by atoms with van der Waals surface area (Å²) in [7, 11) is 0. The van der Waals surface area contributed by atoms with E-state index in [1.807, 2.05) is 15.6 Å². The number of fused-ring (bicyclic) bond motifs is 1. The third-order valence-electron chi connectivity index (χ3n) is 6.54. The van der Waals surface area contributed by atoms with Crippen LogP contribution in [0.4, 0.5) is 10.2 Å². The van der Waals surface area contributed by atoms with E-state index in [9.17, 15) is 9.18 Å². The number of piperidine rings is 1. The molecule has 190 valence electrons. The van der Waals surface area contributed by atoms with E-state index in [1.54, 1.807) is 30.3 Å². The van der Waals surface area contributed by atoms with E-state index in [1.165, 1.54) is 18.5 Å². The number of hydrogen-bond donors (Lipinski definition) is 1. The number of aromatic nitrogens is 4. The first-order valence-corrected chi connectivity index (χ1v) is 12.4. The Morgan fingerprint density at radius 3 is 2.89 bits per heavy atom. The minimum Gasteiger partial charge on any atom is -0.487 e. The van der Waals surface area contributed by atoms with Gasteiger partial charge in [0.05, 0.1) is 10.4 Å². The van der Waals surface area contributed by atoms with Crippen LogP contribution in [0.2, 0.25) is 5.02 Å². The summed E-state index contributed by atoms with van der Waals surface area (Å²) in [6.07, 6.45) is 4.65. The molecule has 1 fully saturated rings. The molecule has 10 heteroatoms. The monoisotopic (exact) mass is 520 g/mol. The fourth-order valence-corrected chi connectivity index (χ4v) is 4.92. The summed E-state index contributed by atoms with van der Waals surface area (Å²) >= 11 is 6.54. The molecule has 1 aliphatic rings. The highest BCUT2D eigenvalue weighted by atomic mass is 35.5. The Labute approximate surface area is 218 Å². The van der Waals surface area contributed by atoms with Crippen molar-refractivity contribution in [3.05, 3.63) is 77.9 Å². The van der Waals surface area contributed by atoms with E-state index < -0.39 is 0 Å². The first-order valence-electron chi connectivity index (χ1n) is 12.0. The number of rotatable bonds is 7. The minimum absolute atomic E-state index is 0.0524. The molecule has 37 heavy (non-hydrogen) atoms. The average molecular weight is 521 g/mol. The van der Waals surface area contributed by atoms with Crippen LogP contribution < -0.4 is 10.5 Å². The number of likely N-dealkylation sites (tertiary alicyclic amines) is 1. The van der Waals surface area contributed by atoms with Crippen molar-refractivity contribution in [3.8, 4) is 17.0 Å². The van der Waals surface area contributed by atoms with Gasteiger partial charge < -0.3 is 15.4 Å². The van der Waals surface area contributed by atoms with Gasteiger partial charge in [-0.1, -0.05) is 36.4 Å². The van der Waals surface area contributed by atoms with Crippen molar-refractivity contribution in [2.75, 3.05) is 18.8 Å². The molecule has 1 atom stereocenters. The molecule has 4 aromatic rings. The van der Waals surface area contributed by atoms with E-state index in [0.29, 0.717) is 52.0 Å². The zero-order valence-electron chi connectivity index (χ0n) is 20.1. The summed E-state index contributed by atoms with van der Waals surface area (Å²) in [5.41, 5.74) is 8.63. The van der Waals surface area contributed by atoms with Gasteiger partial charge >= 0.3 is 0 Å². The van der Waals surface area contributed by atoms with Gasteiger partial charge in [0, 0.05) is 30.8 Å². The van der Waals surface area contributed by atoms with Crippen molar-refractivity contribution in [2.45, 2.75) is 26.0 Å². The van der Waals surface area contributed by atoms with Crippen LogP contribution in [0, 0.1) is 11.7 Å². The Bertz CT molecular complexity index is 1470. The Hall–Kier alpha value is -3.98. The highest BCUT2D eigenvalue weighted by Crippen LogP contribution is 2.35. The molecule has 3 heterocycles. The largest absolute Gasteiger partial charge is 0.487 e. The Kier molecular flexibility index (Phi) is 7.05. The predicted molar refractivity (Wildman–Crippen MR) is 140 cm³/mol. The smallest absolute Gasteiger partial charge is 0.245 e. The Morgan fingerprint density at radius 1 is 1.27 bits per heavy atom. The maximum Gasteiger partial charge on any atom is 0.245 e. The lowest BCUT2D eigenvalue weighted by Gasteiger charge is -2.32. The molecule has 1 amide bonds. The van der Waals surface area contributed by atoms with Crippen molar-refractivity contribution in [1.29, 1.82) is 0 Å². The van der Waals surface area contributed by atoms with Crippen LogP contribution in [0.1, 0.15) is 18.4 Å². The molecule has 0 spiro atoms. The molecule has 0 unspecified atom stereocenters. The van der Waals surface area contributed by atoms with Crippen LogP contribution in [0.3, 0.4) is 0 Å². The standard InChI is InChI=1S/C27H26ClFN6O2/c1-2-23(36)34-11-5-6-17(13-34)14-35-27-24(26(30)31-16-32-27)25(33-35)18-9-10-22(20(28)12-18)37-15-19-7-3-4-8-21(19)29/h2-4,7-10,12,16-17H,1,5-6,11,13-15H2,(H2,30,31,32)/t17-/m1/s1. The van der Waals surface area contributed by atoms with Gasteiger partial charge in [0.15, 0.2) is 5.65 Å². The minimum atomic E-state index is -0.335. The van der Waals surface area contributed by atoms with Crippen LogP contribution in [-0.2, 0) is 17.9 Å². The predicted octanol–water partition coefficient (Wildman–Crippen LogP) is 4.87. The SMILES string of the molecule is C=CC(=O)N1CCC[C@@H](Cn2nc(-c3ccc(OCc4ccccc4F)c(Cl)c3)c3c(N)ncnc32)C1. The summed E-state index contributed by atoms with van der Waals surface area (Å²) in [5.74, 6) is 0.555. The molecule has 2 aromatic heterocycles. The molecule has 1 saturated heterocycles. The molecule has 8 nitrogen and oxygen atoms in total. The lowest BCUT2D eigenvalue weighted by Crippen LogP contribution is -2.40. The second kappa shape index (κ2) is 10.6. The first kappa shape index (κ1) is 24.7. The topological polar surface area (TPSA) is 99.2 Å². The van der Waals surface area contributed by atoms with E-state index in [-0.39, 0.29) is 24.2 Å². The van der Waals surface area contributed by atoms with Gasteiger partial charge in [0.25, 0.3) is 0 Å². The van der Waals surface area contributed by atoms with Gasteiger partial charge in [-0.25, -0.2) is 19.0 Å². The normalized spacial score (nSPS) is 15.6. The zero-order chi connectivity index (χ0) is 25.9. The van der Waals surface area contributed by atoms with Gasteiger partial charge in [-0.05, 0) is 49.1 Å². The van der Waals surface area contributed by atoms with Gasteiger partial charge in [-0.3, -0.25) is 4.79 Å². The average Bonchev–Trinajstić information content (AvgIpc) is 3.28. The molecular formula is C27H26ClFN6O2. The maximum absolute atomic E-state index is 13.9. The number of carbonyl (C=O) groups is 1. The molecular weight excluding hydrogens is 495 g/mol. The number of nitrogens with two attached hydrogens (primary N) is 1. The molecule has 0 aliphatic carbocycles. The number of anilines is 1. The summed E-state index contributed by atoms with van der Waals surface area (Å²) in [5, 5.41) is 5.83. The van der Waals surface area contributed by atoms with Crippen LogP contribution in [0.5, 0.6) is 5.75 Å². The van der Waals surface area contributed by atoms with Crippen molar-refractivity contribution < 1.29 is 13.9 Å². The summed E-state index contributed by atoms with van der Waals surface area (Å²) in [4.78, 5) is 22.6. The highest BCUT2D eigenvalue weighted by Gasteiger charge is 2.25. The summed E-state index contributed by atoms with van der Waals surface area (Å²) in [6.45, 7) is 5.58. The number of nitrogens with zero attached hydrogens (tertiary/aromatic N) is 5. The maximum atomic E-state index is 13.9. The Morgan fingerprint density at radius 2 is 2.11 bits per heavy atom. The number of nitrogen functional groups attached to an aromatic ring is 1. The van der Waals surface area contributed by atoms with Crippen molar-refractivity contribution in [1.82, 2.24) is 24.6 Å². The molecule has 0 saturated carbocycles. The third-order valence-corrected chi connectivity index (χ3v) is 6.84. The number of carbonyl (C=O) groups excluding carboxylic acids is 1. The van der Waals surface area contributed by atoms with E-state index in [0.717, 1.165) is 24.9 Å². The highest BCUT2D eigenvalue weighted by molar-refractivity contribution is 6.32. The molecule has 5 rings (SSSR count). The lowest BCUT2D eigenvalue weighted by molar-refractivity contribution is -0.127. The third kappa shape index (κ3) is 5.13. The summed E-state index contributed by atoms with van der Waals surface area (Å²) < 4.78 is 21.5. The molecule has 0 radical (unpaired) electrons. The lowest BCUT2D eigenvalue weighted by atomic mass is 9.98. The van der Waals surface area contributed by atoms with E-state index in [4.69, 9.17) is 27.2 Å². The second-order valence-corrected chi connectivity index (χ2v) is 9.42. The molecule has 2 aromatic carbocycles.